The fourth-order valence-electron chi connectivity index (χ4n) is 12.4. The summed E-state index contributed by atoms with van der Waals surface area (Å²) in [4.78, 5) is 35.8. The van der Waals surface area contributed by atoms with E-state index in [0.717, 1.165) is 66.8 Å². The van der Waals surface area contributed by atoms with Crippen LogP contribution in [0.1, 0.15) is 142 Å². The topological polar surface area (TPSA) is 105 Å². The fourth-order valence-corrected chi connectivity index (χ4v) is 12.4. The van der Waals surface area contributed by atoms with E-state index >= 15 is 0 Å². The Morgan fingerprint density at radius 3 is 1.57 bits per heavy atom. The second kappa shape index (κ2) is 16.7. The summed E-state index contributed by atoms with van der Waals surface area (Å²) in [6.07, 6.45) is 19.1. The lowest BCUT2D eigenvalue weighted by molar-refractivity contribution is 0.184. The first-order chi connectivity index (χ1) is 28.5. The van der Waals surface area contributed by atoms with Crippen LogP contribution in [0.4, 0.5) is 9.59 Å². The number of carbonyl (C=O) groups excluding carboxylic acids is 2. The van der Waals surface area contributed by atoms with E-state index in [9.17, 15) is 9.59 Å². The minimum absolute atomic E-state index is 0.133. The Morgan fingerprint density at radius 1 is 0.586 bits per heavy atom. The van der Waals surface area contributed by atoms with E-state index in [1.54, 1.807) is 22.3 Å². The standard InChI is InChI=1S/C49H63N7O2/c57-48(52-35-17-13-32(14-18-35)25-27-55-44-21-22-45(55)40-9-2-1-8-39(40)44)51-31-37(29-34-30-50-43-12-6-5-7-38(34)43)54-49(58)53-36-19-15-33(16-20-36)26-28-56-46-23-24-47(56)42-11-4-3-10-41(42)46/h1-12,30,32-33,35-37,44-47,50H,13-29,31H2,(H2,51,52,57)(H2,53,54,58)/t32?,33?,35?,36?,37?,44-,45+,46-,47+. The summed E-state index contributed by atoms with van der Waals surface area (Å²) in [5, 5.41) is 14.2. The Kier molecular flexibility index (Phi) is 10.9. The average molecular weight is 782 g/mol. The van der Waals surface area contributed by atoms with Crippen molar-refractivity contribution >= 4 is 23.0 Å². The van der Waals surface area contributed by atoms with Crippen molar-refractivity contribution in [1.82, 2.24) is 36.1 Å². The molecule has 306 valence electrons. The molecule has 3 aromatic carbocycles. The number of urea groups is 2. The van der Waals surface area contributed by atoms with Crippen molar-refractivity contribution in [2.24, 2.45) is 11.8 Å². The number of hydrogen-bond donors (Lipinski definition) is 5. The van der Waals surface area contributed by atoms with Crippen molar-refractivity contribution in [2.75, 3.05) is 19.6 Å². The van der Waals surface area contributed by atoms with E-state index in [0.29, 0.717) is 37.1 Å². The van der Waals surface area contributed by atoms with Gasteiger partial charge in [0.2, 0.25) is 0 Å². The van der Waals surface area contributed by atoms with Crippen LogP contribution in [0.15, 0.2) is 79.0 Å². The highest BCUT2D eigenvalue weighted by atomic mass is 16.2. The van der Waals surface area contributed by atoms with E-state index in [1.807, 2.05) is 12.3 Å². The maximum atomic E-state index is 13.5. The molecule has 2 saturated carbocycles. The lowest BCUT2D eigenvalue weighted by Crippen LogP contribution is -2.53. The molecule has 0 radical (unpaired) electrons. The van der Waals surface area contributed by atoms with Crippen molar-refractivity contribution < 1.29 is 9.59 Å². The Bertz CT molecular complexity index is 2000. The van der Waals surface area contributed by atoms with Crippen molar-refractivity contribution in [2.45, 2.75) is 139 Å². The highest BCUT2D eigenvalue weighted by Gasteiger charge is 2.44. The summed E-state index contributed by atoms with van der Waals surface area (Å²) >= 11 is 0. The number of para-hydroxylation sites is 1. The second-order valence-corrected chi connectivity index (χ2v) is 18.7. The maximum Gasteiger partial charge on any atom is 0.315 e. The molecule has 4 fully saturated rings. The zero-order valence-corrected chi connectivity index (χ0v) is 34.1. The number of benzene rings is 3. The van der Waals surface area contributed by atoms with Gasteiger partial charge >= 0.3 is 12.1 Å². The second-order valence-electron chi connectivity index (χ2n) is 18.7. The summed E-state index contributed by atoms with van der Waals surface area (Å²) < 4.78 is 0. The van der Waals surface area contributed by atoms with Gasteiger partial charge in [0, 0.05) is 59.9 Å². The SMILES string of the molecule is O=C(NCC(Cc1c[nH]c2ccccc12)NC(=O)NC1CCC(CCN2[C@@H]3CC[C@H]2c2ccccc23)CC1)NC1CCC(CCN2[C@@H]3CC[C@H]2c2ccccc23)CC1. The van der Waals surface area contributed by atoms with Crippen molar-refractivity contribution in [3.8, 4) is 0 Å². The normalized spacial score (nSPS) is 29.2. The van der Waals surface area contributed by atoms with E-state index in [-0.39, 0.29) is 30.2 Å². The predicted molar refractivity (Wildman–Crippen MR) is 230 cm³/mol. The van der Waals surface area contributed by atoms with E-state index in [4.69, 9.17) is 0 Å². The lowest BCUT2D eigenvalue weighted by atomic mass is 9.84. The van der Waals surface area contributed by atoms with E-state index in [1.165, 1.54) is 64.5 Å². The number of H-pyrrole nitrogens is 1. The van der Waals surface area contributed by atoms with E-state index < -0.39 is 0 Å². The molecular formula is C49H63N7O2. The first-order valence-electron chi connectivity index (χ1n) is 22.9. The fraction of sp³-hybridized carbons (Fsp3) is 0.551. The van der Waals surface area contributed by atoms with Crippen LogP contribution in [0.5, 0.6) is 0 Å². The summed E-state index contributed by atoms with van der Waals surface area (Å²) in [6, 6.07) is 28.8. The molecule has 0 spiro atoms. The number of amides is 4. The van der Waals surface area contributed by atoms with Crippen LogP contribution in [0.2, 0.25) is 0 Å². The molecule has 4 aliphatic heterocycles. The predicted octanol–water partition coefficient (Wildman–Crippen LogP) is 9.36. The minimum atomic E-state index is -0.246. The molecule has 5 heterocycles. The summed E-state index contributed by atoms with van der Waals surface area (Å²) in [6.45, 7) is 2.73. The Balaban J connectivity index is 0.673. The number of aromatic amines is 1. The molecule has 5 atom stereocenters. The quantitative estimate of drug-likeness (QED) is 0.0933. The molecule has 4 amide bonds. The highest BCUT2D eigenvalue weighted by Crippen LogP contribution is 2.54. The van der Waals surface area contributed by atoms with Crippen LogP contribution < -0.4 is 21.3 Å². The van der Waals surface area contributed by atoms with Crippen molar-refractivity contribution in [3.63, 3.8) is 0 Å². The largest absolute Gasteiger partial charge is 0.361 e. The van der Waals surface area contributed by atoms with Gasteiger partial charge in [-0.1, -0.05) is 66.7 Å². The molecule has 2 saturated heterocycles. The molecule has 6 aliphatic rings. The van der Waals surface area contributed by atoms with Gasteiger partial charge in [-0.05, 0) is 155 Å². The average Bonchev–Trinajstić information content (AvgIpc) is 4.09. The zero-order chi connectivity index (χ0) is 39.0. The van der Waals surface area contributed by atoms with Crippen LogP contribution in [0.3, 0.4) is 0 Å². The first kappa shape index (κ1) is 37.9. The zero-order valence-electron chi connectivity index (χ0n) is 34.1. The first-order valence-corrected chi connectivity index (χ1v) is 22.9. The number of rotatable bonds is 13. The molecule has 4 bridgehead atoms. The number of fused-ring (bicyclic) bond motifs is 11. The smallest absolute Gasteiger partial charge is 0.315 e. The molecule has 10 rings (SSSR count). The van der Waals surface area contributed by atoms with Crippen LogP contribution in [-0.4, -0.2) is 64.6 Å². The van der Waals surface area contributed by atoms with Gasteiger partial charge in [0.05, 0.1) is 6.04 Å². The molecule has 9 nitrogen and oxygen atoms in total. The van der Waals surface area contributed by atoms with Gasteiger partial charge < -0.3 is 26.3 Å². The third-order valence-electron chi connectivity index (χ3n) is 15.4. The minimum Gasteiger partial charge on any atom is -0.361 e. The molecule has 5 N–H and O–H groups in total. The van der Waals surface area contributed by atoms with Gasteiger partial charge in [-0.25, -0.2) is 9.59 Å². The number of aromatic nitrogens is 1. The van der Waals surface area contributed by atoms with Gasteiger partial charge in [-0.3, -0.25) is 9.80 Å². The Morgan fingerprint density at radius 2 is 1.05 bits per heavy atom. The summed E-state index contributed by atoms with van der Waals surface area (Å²) in [5.41, 5.74) is 8.49. The van der Waals surface area contributed by atoms with Gasteiger partial charge in [0.25, 0.3) is 0 Å². The molecule has 1 aromatic heterocycles. The maximum absolute atomic E-state index is 13.5. The molecule has 2 aliphatic carbocycles. The molecular weight excluding hydrogens is 719 g/mol. The van der Waals surface area contributed by atoms with Crippen LogP contribution in [0.25, 0.3) is 10.9 Å². The molecule has 9 heteroatoms. The number of carbonyl (C=O) groups is 2. The van der Waals surface area contributed by atoms with Crippen molar-refractivity contribution in [3.05, 3.63) is 107 Å². The summed E-state index contributed by atoms with van der Waals surface area (Å²) in [5.74, 6) is 1.45. The van der Waals surface area contributed by atoms with E-state index in [2.05, 4.69) is 103 Å². The van der Waals surface area contributed by atoms with Gasteiger partial charge in [-0.15, -0.1) is 0 Å². The number of nitrogens with zero attached hydrogens (tertiary/aromatic N) is 2. The van der Waals surface area contributed by atoms with Crippen LogP contribution in [-0.2, 0) is 6.42 Å². The summed E-state index contributed by atoms with van der Waals surface area (Å²) in [7, 11) is 0. The molecule has 4 aromatic rings. The van der Waals surface area contributed by atoms with Gasteiger partial charge in [-0.2, -0.15) is 0 Å². The lowest BCUT2D eigenvalue weighted by Gasteiger charge is -2.32. The van der Waals surface area contributed by atoms with Gasteiger partial charge in [0.15, 0.2) is 0 Å². The number of nitrogens with one attached hydrogen (secondary N) is 5. The number of hydrogen-bond acceptors (Lipinski definition) is 4. The molecule has 1 unspecified atom stereocenters. The Hall–Kier alpha value is -4.34. The van der Waals surface area contributed by atoms with Crippen molar-refractivity contribution in [1.29, 1.82) is 0 Å². The molecule has 58 heavy (non-hydrogen) atoms. The van der Waals surface area contributed by atoms with Gasteiger partial charge in [0.1, 0.15) is 0 Å². The third-order valence-corrected chi connectivity index (χ3v) is 15.4. The van der Waals surface area contributed by atoms with Crippen LogP contribution >= 0.6 is 0 Å². The Labute approximate surface area is 344 Å². The monoisotopic (exact) mass is 782 g/mol. The van der Waals surface area contributed by atoms with Crippen LogP contribution in [0, 0.1) is 11.8 Å². The third kappa shape index (κ3) is 7.77. The highest BCUT2D eigenvalue weighted by molar-refractivity contribution is 5.83.